The Bertz CT molecular complexity index is 3230. The van der Waals surface area contributed by atoms with Crippen molar-refractivity contribution in [2.45, 2.75) is 58.0 Å². The Balaban J connectivity index is 0.000000196. The minimum Gasteiger partial charge on any atom is -0.470 e. The zero-order chi connectivity index (χ0) is 58.0. The van der Waals surface area contributed by atoms with E-state index >= 15 is 0 Å². The Labute approximate surface area is 499 Å². The third-order valence-electron chi connectivity index (χ3n) is 10.6. The third kappa shape index (κ3) is 21.1. The van der Waals surface area contributed by atoms with E-state index in [1.807, 2.05) is 167 Å². The second kappa shape index (κ2) is 33.6. The zero-order valence-corrected chi connectivity index (χ0v) is 51.9. The van der Waals surface area contributed by atoms with Crippen molar-refractivity contribution in [1.29, 1.82) is 0 Å². The van der Waals surface area contributed by atoms with Gasteiger partial charge in [-0.3, -0.25) is 9.08 Å². The van der Waals surface area contributed by atoms with Gasteiger partial charge < -0.3 is 47.0 Å². The van der Waals surface area contributed by atoms with Crippen LogP contribution in [0.5, 0.6) is 23.5 Å². The first-order valence-electron chi connectivity index (χ1n) is 24.5. The number of hydrogen-bond donors (Lipinski definition) is 1. The molecule has 0 aliphatic carbocycles. The molecule has 0 amide bonds. The summed E-state index contributed by atoms with van der Waals surface area (Å²) in [6.07, 6.45) is 6.80. The molecule has 8 aromatic rings. The largest absolute Gasteiger partial charge is 0.470 e. The lowest BCUT2D eigenvalue weighted by molar-refractivity contribution is 0.166. The van der Waals surface area contributed by atoms with Gasteiger partial charge in [0.2, 0.25) is 0 Å². The van der Waals surface area contributed by atoms with E-state index in [9.17, 15) is 13.5 Å². The molecule has 4 aromatic carbocycles. The third-order valence-corrected chi connectivity index (χ3v) is 14.1. The van der Waals surface area contributed by atoms with E-state index < -0.39 is 22.3 Å². The van der Waals surface area contributed by atoms with E-state index in [-0.39, 0.29) is 23.4 Å². The number of hydrogen-bond acceptors (Lipinski definition) is 18. The maximum Gasteiger partial charge on any atom is 0.269 e. The lowest BCUT2D eigenvalue weighted by atomic mass is 10.2. The number of aliphatic hydroxyl groups is 1. The van der Waals surface area contributed by atoms with Crippen LogP contribution in [0.4, 0.5) is 0 Å². The second-order valence-electron chi connectivity index (χ2n) is 17.4. The lowest BCUT2D eigenvalue weighted by Gasteiger charge is -2.17. The van der Waals surface area contributed by atoms with Gasteiger partial charge in [-0.2, -0.15) is 8.42 Å². The Kier molecular flexibility index (Phi) is 27.1. The van der Waals surface area contributed by atoms with Crippen LogP contribution in [0.3, 0.4) is 0 Å². The normalized spacial score (nSPS) is 12.3. The first-order chi connectivity index (χ1) is 38.4. The molecule has 0 saturated heterocycles. The highest BCUT2D eigenvalue weighted by Gasteiger charge is 2.27. The van der Waals surface area contributed by atoms with E-state index in [1.165, 1.54) is 6.08 Å². The quantitative estimate of drug-likeness (QED) is 0.0440. The summed E-state index contributed by atoms with van der Waals surface area (Å²) in [4.78, 5) is 4.05. The van der Waals surface area contributed by atoms with Crippen molar-refractivity contribution >= 4 is 79.9 Å². The maximum atomic E-state index is 11.3. The van der Waals surface area contributed by atoms with E-state index in [1.54, 1.807) is 13.0 Å². The molecular weight excluding hydrogens is 1310 g/mol. The van der Waals surface area contributed by atoms with Crippen LogP contribution in [0, 0.1) is 0 Å². The van der Waals surface area contributed by atoms with E-state index in [0.29, 0.717) is 71.0 Å². The molecular formula is C57H62Br4N6O12S. The molecule has 0 radical (unpaired) electrons. The van der Waals surface area contributed by atoms with Gasteiger partial charge in [0.25, 0.3) is 33.6 Å². The Morgan fingerprint density at radius 1 is 0.562 bits per heavy atom. The fourth-order valence-corrected chi connectivity index (χ4v) is 9.12. The van der Waals surface area contributed by atoms with E-state index in [0.717, 1.165) is 44.0 Å². The van der Waals surface area contributed by atoms with Gasteiger partial charge in [0, 0.05) is 6.54 Å². The molecule has 1 unspecified atom stereocenters. The van der Waals surface area contributed by atoms with Crippen molar-refractivity contribution in [3.05, 3.63) is 216 Å². The van der Waals surface area contributed by atoms with Gasteiger partial charge in [-0.1, -0.05) is 146 Å². The molecule has 0 bridgehead atoms. The molecule has 8 rings (SSSR count). The number of nitrogens with zero attached hydrogens (tertiary/aromatic N) is 6. The van der Waals surface area contributed by atoms with Crippen LogP contribution in [-0.2, 0) is 40.7 Å². The molecule has 0 aliphatic rings. The summed E-state index contributed by atoms with van der Waals surface area (Å²) >= 11 is 13.5. The van der Waals surface area contributed by atoms with Crippen molar-refractivity contribution in [3.8, 4) is 23.5 Å². The molecule has 18 nitrogen and oxygen atoms in total. The van der Waals surface area contributed by atoms with Gasteiger partial charge in [-0.15, -0.1) is 13.2 Å². The fourth-order valence-electron chi connectivity index (χ4n) is 6.58. The fraction of sp³-hybridized carbons (Fsp3) is 0.263. The molecule has 426 valence electrons. The molecule has 4 heterocycles. The molecule has 80 heavy (non-hydrogen) atoms. The van der Waals surface area contributed by atoms with Crippen LogP contribution >= 0.6 is 63.7 Å². The zero-order valence-electron chi connectivity index (χ0n) is 44.8. The second-order valence-corrected chi connectivity index (χ2v) is 22.2. The van der Waals surface area contributed by atoms with Gasteiger partial charge in [0.05, 0.1) is 12.3 Å². The summed E-state index contributed by atoms with van der Waals surface area (Å²) in [6, 6.07) is 39.1. The highest BCUT2D eigenvalue weighted by molar-refractivity contribution is 9.11. The van der Waals surface area contributed by atoms with Gasteiger partial charge in [-0.05, 0) is 147 Å². The van der Waals surface area contributed by atoms with Crippen LogP contribution in [-0.4, -0.2) is 84.9 Å². The SMILES string of the molecule is C=C[C@@H](O)c1onc(OCc2ccccc2)c1Br.C=C[C@@H](c1onc(OCc2ccccc2)c1Br)N(C)C.CCC(OS(C)(=O)=O)c1onc(OCc2ccccc2)c1Br.CN(C)C/C=C/c1onc(OCc2ccccc2)c1Br. The van der Waals surface area contributed by atoms with Crippen molar-refractivity contribution in [1.82, 2.24) is 30.4 Å². The minimum atomic E-state index is -3.60. The lowest BCUT2D eigenvalue weighted by Crippen LogP contribution is -2.17. The highest BCUT2D eigenvalue weighted by Crippen LogP contribution is 2.37. The first-order valence-corrected chi connectivity index (χ1v) is 29.5. The standard InChI is InChI=1S/2C15H17BrN2O2.C14H16BrNO5S.C13H12BrNO3/c1-18(2)10-6-9-13-14(16)15(17-20-13)19-11-12-7-4-3-5-8-12;1-4-12(18(2)3)14-13(16)15(17-20-14)19-10-11-8-6-5-7-9-11;1-3-11(21-22(2,17)18)13-12(15)14(16-20-13)19-9-10-7-5-4-6-8-10;1-2-10(16)12-11(14)13(15-18-12)17-8-9-6-4-3-5-7-9/h3-9H,10-11H2,1-2H3;4-9,12H,1,10H2,2-3H3;4-8,11H,3,9H2,1-2H3;2-7,10,16H,1,8H2/b9-6+;;;/t;12-;;10-/m.0.1/s1. The molecule has 0 fully saturated rings. The number of rotatable bonds is 24. The number of ether oxygens (including phenoxy) is 4. The van der Waals surface area contributed by atoms with Crippen LogP contribution in [0.2, 0.25) is 0 Å². The average Bonchev–Trinajstić information content (AvgIpc) is 4.23. The summed E-state index contributed by atoms with van der Waals surface area (Å²) in [5, 5.41) is 25.0. The number of aromatic nitrogens is 4. The smallest absolute Gasteiger partial charge is 0.269 e. The van der Waals surface area contributed by atoms with Crippen molar-refractivity contribution in [3.63, 3.8) is 0 Å². The van der Waals surface area contributed by atoms with Crippen LogP contribution in [0.25, 0.3) is 6.08 Å². The number of halogens is 4. The van der Waals surface area contributed by atoms with E-state index in [2.05, 4.69) is 102 Å². The van der Waals surface area contributed by atoms with Crippen LogP contribution < -0.4 is 18.9 Å². The van der Waals surface area contributed by atoms with Gasteiger partial charge in [0.1, 0.15) is 56.5 Å². The summed E-state index contributed by atoms with van der Waals surface area (Å²) in [7, 11) is 4.32. The predicted octanol–water partition coefficient (Wildman–Crippen LogP) is 14.1. The van der Waals surface area contributed by atoms with Crippen molar-refractivity contribution < 1.29 is 54.7 Å². The predicted molar refractivity (Wildman–Crippen MR) is 318 cm³/mol. The summed E-state index contributed by atoms with van der Waals surface area (Å²) in [6.45, 7) is 11.5. The average molecular weight is 1370 g/mol. The van der Waals surface area contributed by atoms with Gasteiger partial charge >= 0.3 is 0 Å². The molecule has 23 heteroatoms. The van der Waals surface area contributed by atoms with Crippen molar-refractivity contribution in [2.24, 2.45) is 0 Å². The Morgan fingerprint density at radius 3 is 1.29 bits per heavy atom. The van der Waals surface area contributed by atoms with Gasteiger partial charge in [0.15, 0.2) is 23.0 Å². The topological polar surface area (TPSA) is 211 Å². The monoisotopic (exact) mass is 1370 g/mol. The summed E-state index contributed by atoms with van der Waals surface area (Å²) in [5.41, 5.74) is 4.18. The Hall–Kier alpha value is -6.15. The number of likely N-dealkylation sites (N-methyl/N-ethyl adjacent to an activating group) is 2. The van der Waals surface area contributed by atoms with Gasteiger partial charge in [-0.25, -0.2) is 0 Å². The molecule has 0 spiro atoms. The maximum absolute atomic E-state index is 11.3. The minimum absolute atomic E-state index is 0.0500. The molecule has 1 N–H and O–H groups in total. The van der Waals surface area contributed by atoms with Crippen LogP contribution in [0.1, 0.15) is 76.9 Å². The highest BCUT2D eigenvalue weighted by atomic mass is 79.9. The molecule has 4 aromatic heterocycles. The molecule has 3 atom stereocenters. The number of benzene rings is 4. The summed E-state index contributed by atoms with van der Waals surface area (Å²) < 4.78 is 73.1. The summed E-state index contributed by atoms with van der Waals surface area (Å²) in [5.74, 6) is 3.42. The van der Waals surface area contributed by atoms with E-state index in [4.69, 9.17) is 41.2 Å². The molecule has 0 aliphatic heterocycles. The number of aliphatic hydroxyl groups excluding tert-OH is 1. The van der Waals surface area contributed by atoms with Crippen molar-refractivity contribution in [2.75, 3.05) is 41.0 Å². The first kappa shape index (κ1) is 64.7. The molecule has 0 saturated carbocycles. The van der Waals surface area contributed by atoms with Crippen LogP contribution in [0.15, 0.2) is 189 Å². The Morgan fingerprint density at radius 2 is 0.925 bits per heavy atom.